The molecule has 2 fully saturated rings. The Labute approximate surface area is 279 Å². The van der Waals surface area contributed by atoms with Crippen molar-refractivity contribution in [3.05, 3.63) is 18.2 Å². The van der Waals surface area contributed by atoms with E-state index in [0.717, 1.165) is 12.8 Å². The van der Waals surface area contributed by atoms with Gasteiger partial charge >= 0.3 is 6.09 Å². The van der Waals surface area contributed by atoms with Crippen molar-refractivity contribution in [2.24, 2.45) is 11.8 Å². The van der Waals surface area contributed by atoms with Crippen molar-refractivity contribution >= 4 is 35.2 Å². The van der Waals surface area contributed by atoms with E-state index in [2.05, 4.69) is 5.32 Å². The number of methoxy groups -OCH3 is 1. The fraction of sp³-hybridized carbons (Fsp3) is 0.714. The summed E-state index contributed by atoms with van der Waals surface area (Å²) >= 11 is 0. The Morgan fingerprint density at radius 1 is 1.09 bits per heavy atom. The summed E-state index contributed by atoms with van der Waals surface area (Å²) in [6.07, 6.45) is 2.03. The van der Waals surface area contributed by atoms with E-state index in [1.54, 1.807) is 51.5 Å². The van der Waals surface area contributed by atoms with Gasteiger partial charge in [0.2, 0.25) is 11.8 Å². The Bertz CT molecular complexity index is 1320. The minimum absolute atomic E-state index is 0.0200. The van der Waals surface area contributed by atoms with E-state index in [-0.39, 0.29) is 43.3 Å². The van der Waals surface area contributed by atoms with Crippen LogP contribution in [-0.2, 0) is 28.6 Å². The fourth-order valence-corrected chi connectivity index (χ4v) is 6.11. The van der Waals surface area contributed by atoms with Gasteiger partial charge in [0.25, 0.3) is 5.91 Å². The Kier molecular flexibility index (Phi) is 11.2. The number of hydrogen-bond donors (Lipinski definition) is 1. The quantitative estimate of drug-likeness (QED) is 0.325. The van der Waals surface area contributed by atoms with Crippen molar-refractivity contribution in [3.63, 3.8) is 0 Å². The molecule has 12 nitrogen and oxygen atoms in total. The highest BCUT2D eigenvalue weighted by atomic mass is 16.6. The number of ether oxygens (including phenoxy) is 4. The van der Waals surface area contributed by atoms with Crippen molar-refractivity contribution in [2.75, 3.05) is 56.4 Å². The van der Waals surface area contributed by atoms with Gasteiger partial charge in [0.1, 0.15) is 11.4 Å². The first-order chi connectivity index (χ1) is 22.0. The second kappa shape index (κ2) is 14.4. The van der Waals surface area contributed by atoms with Gasteiger partial charge in [-0.05, 0) is 99.3 Å². The Morgan fingerprint density at radius 3 is 2.38 bits per heavy atom. The van der Waals surface area contributed by atoms with Crippen LogP contribution in [0.25, 0.3) is 0 Å². The lowest BCUT2D eigenvalue weighted by atomic mass is 9.86. The molecule has 4 rings (SSSR count). The van der Waals surface area contributed by atoms with Crippen molar-refractivity contribution < 1.29 is 38.1 Å². The van der Waals surface area contributed by atoms with Crippen LogP contribution in [0.2, 0.25) is 0 Å². The smallest absolute Gasteiger partial charge is 0.410 e. The standard InChI is InChI=1S/C35H54N4O8/c1-10-45-22-34(5,6)36-29(40)23-18-24(21-37(20-23)32(43)47-33(2,3)4)30(41)39(25-12-13-25)26-14-15-28-27(19-26)38(16-11-17-44-9)31(42)35(7,8)46-28/h14-15,19,23-25H,10-13,16-18,20-22H2,1-9H3,(H,36,40)/t23-,24+/m0/s1. The second-order valence-corrected chi connectivity index (χ2v) is 15.0. The van der Waals surface area contributed by atoms with Gasteiger partial charge in [-0.3, -0.25) is 14.4 Å². The molecule has 0 bridgehead atoms. The normalized spacial score (nSPS) is 21.1. The van der Waals surface area contributed by atoms with Crippen LogP contribution in [0.5, 0.6) is 5.75 Å². The van der Waals surface area contributed by atoms with Gasteiger partial charge in [-0.15, -0.1) is 0 Å². The van der Waals surface area contributed by atoms with Crippen LogP contribution < -0.4 is 19.9 Å². The summed E-state index contributed by atoms with van der Waals surface area (Å²) in [7, 11) is 1.63. The van der Waals surface area contributed by atoms with E-state index >= 15 is 0 Å². The van der Waals surface area contributed by atoms with E-state index in [9.17, 15) is 19.2 Å². The third kappa shape index (κ3) is 9.16. The van der Waals surface area contributed by atoms with Gasteiger partial charge < -0.3 is 39.0 Å². The molecule has 1 saturated carbocycles. The lowest BCUT2D eigenvalue weighted by Gasteiger charge is -2.41. The zero-order valence-electron chi connectivity index (χ0n) is 29.6. The van der Waals surface area contributed by atoms with Crippen LogP contribution >= 0.6 is 0 Å². The monoisotopic (exact) mass is 658 g/mol. The number of anilines is 2. The molecule has 0 radical (unpaired) electrons. The number of rotatable bonds is 12. The third-order valence-corrected chi connectivity index (χ3v) is 8.47. The highest BCUT2D eigenvalue weighted by Crippen LogP contribution is 2.43. The number of carbonyl (C=O) groups is 4. The van der Waals surface area contributed by atoms with Gasteiger partial charge in [-0.1, -0.05) is 0 Å². The van der Waals surface area contributed by atoms with Crippen LogP contribution in [0.1, 0.15) is 81.1 Å². The first-order valence-corrected chi connectivity index (χ1v) is 16.8. The molecule has 2 heterocycles. The average molecular weight is 659 g/mol. The SMILES string of the molecule is CCOCC(C)(C)NC(=O)[C@H]1C[C@@H](C(=O)N(c2ccc3c(c2)N(CCCOC)C(=O)C(C)(C)O3)C2CC2)CN(C(=O)OC(C)(C)C)C1. The summed E-state index contributed by atoms with van der Waals surface area (Å²) in [4.78, 5) is 59.9. The highest BCUT2D eigenvalue weighted by Gasteiger charge is 2.45. The average Bonchev–Trinajstić information content (AvgIpc) is 3.82. The van der Waals surface area contributed by atoms with Crippen LogP contribution in [0.15, 0.2) is 18.2 Å². The minimum atomic E-state index is -1.03. The molecular weight excluding hydrogens is 604 g/mol. The number of piperidine rings is 1. The molecule has 12 heteroatoms. The number of amides is 4. The van der Waals surface area contributed by atoms with Crippen molar-refractivity contribution in [1.82, 2.24) is 10.2 Å². The number of likely N-dealkylation sites (tertiary alicyclic amines) is 1. The molecule has 2 atom stereocenters. The zero-order chi connectivity index (χ0) is 34.7. The topological polar surface area (TPSA) is 127 Å². The maximum absolute atomic E-state index is 14.5. The molecule has 3 aliphatic rings. The molecule has 0 spiro atoms. The van der Waals surface area contributed by atoms with Crippen molar-refractivity contribution in [1.29, 1.82) is 0 Å². The van der Waals surface area contributed by atoms with Crippen molar-refractivity contribution in [3.8, 4) is 5.75 Å². The van der Waals surface area contributed by atoms with Crippen LogP contribution in [0, 0.1) is 11.8 Å². The van der Waals surface area contributed by atoms with E-state index in [1.165, 1.54) is 4.90 Å². The van der Waals surface area contributed by atoms with E-state index in [1.807, 2.05) is 39.0 Å². The number of carbonyl (C=O) groups excluding carboxylic acids is 4. The summed E-state index contributed by atoms with van der Waals surface area (Å²) < 4.78 is 22.6. The summed E-state index contributed by atoms with van der Waals surface area (Å²) in [5, 5.41) is 3.07. The first kappa shape index (κ1) is 36.5. The molecule has 0 aromatic heterocycles. The first-order valence-electron chi connectivity index (χ1n) is 16.8. The predicted octanol–water partition coefficient (Wildman–Crippen LogP) is 4.53. The zero-order valence-corrected chi connectivity index (χ0v) is 29.6. The van der Waals surface area contributed by atoms with Gasteiger partial charge in [-0.25, -0.2) is 4.79 Å². The number of benzene rings is 1. The van der Waals surface area contributed by atoms with Gasteiger partial charge in [-0.2, -0.15) is 0 Å². The summed E-state index contributed by atoms with van der Waals surface area (Å²) in [5.74, 6) is -1.27. The molecule has 1 aliphatic carbocycles. The van der Waals surface area contributed by atoms with E-state index in [0.29, 0.717) is 49.9 Å². The maximum Gasteiger partial charge on any atom is 0.410 e. The fourth-order valence-electron chi connectivity index (χ4n) is 6.11. The molecule has 47 heavy (non-hydrogen) atoms. The lowest BCUT2D eigenvalue weighted by Crippen LogP contribution is -2.56. The van der Waals surface area contributed by atoms with Crippen LogP contribution in [-0.4, -0.2) is 98.1 Å². The van der Waals surface area contributed by atoms with Crippen LogP contribution in [0.3, 0.4) is 0 Å². The Hall–Kier alpha value is -3.38. The minimum Gasteiger partial charge on any atom is -0.476 e. The number of fused-ring (bicyclic) bond motifs is 1. The van der Waals surface area contributed by atoms with Crippen LogP contribution in [0.4, 0.5) is 16.2 Å². The Morgan fingerprint density at radius 2 is 1.77 bits per heavy atom. The van der Waals surface area contributed by atoms with E-state index < -0.39 is 34.7 Å². The molecule has 1 aromatic rings. The highest BCUT2D eigenvalue weighted by molar-refractivity contribution is 6.04. The molecule has 2 aliphatic heterocycles. The van der Waals surface area contributed by atoms with Gasteiger partial charge in [0.15, 0.2) is 5.60 Å². The predicted molar refractivity (Wildman–Crippen MR) is 179 cm³/mol. The molecule has 1 N–H and O–H groups in total. The van der Waals surface area contributed by atoms with Crippen molar-refractivity contribution in [2.45, 2.75) is 104 Å². The van der Waals surface area contributed by atoms with E-state index in [4.69, 9.17) is 18.9 Å². The summed E-state index contributed by atoms with van der Waals surface area (Å²) in [5.41, 5.74) is -1.15. The molecule has 1 aromatic carbocycles. The maximum atomic E-state index is 14.5. The largest absolute Gasteiger partial charge is 0.476 e. The number of nitrogens with zero attached hydrogens (tertiary/aromatic N) is 3. The Balaban J connectivity index is 1.64. The van der Waals surface area contributed by atoms with Gasteiger partial charge in [0.05, 0.1) is 29.7 Å². The summed E-state index contributed by atoms with van der Waals surface area (Å²) in [6.45, 7) is 16.6. The third-order valence-electron chi connectivity index (χ3n) is 8.47. The summed E-state index contributed by atoms with van der Waals surface area (Å²) in [6, 6.07) is 5.49. The number of nitrogens with one attached hydrogen (secondary N) is 1. The molecule has 262 valence electrons. The molecule has 0 unspecified atom stereocenters. The lowest BCUT2D eigenvalue weighted by molar-refractivity contribution is -0.133. The second-order valence-electron chi connectivity index (χ2n) is 15.0. The number of hydrogen-bond acceptors (Lipinski definition) is 8. The van der Waals surface area contributed by atoms with Gasteiger partial charge in [0, 0.05) is 51.7 Å². The molecule has 4 amide bonds. The molecular formula is C35H54N4O8. The molecule has 1 saturated heterocycles.